The first-order chi connectivity index (χ1) is 17.0. The highest BCUT2D eigenvalue weighted by atomic mass is 16.5. The van der Waals surface area contributed by atoms with Crippen molar-refractivity contribution in [3.63, 3.8) is 0 Å². The van der Waals surface area contributed by atoms with Crippen LogP contribution < -0.4 is 16.0 Å². The molecule has 2 aromatic carbocycles. The van der Waals surface area contributed by atoms with Gasteiger partial charge in [0.05, 0.1) is 18.7 Å². The molecular weight excluding hydrogens is 444 g/mol. The van der Waals surface area contributed by atoms with E-state index in [0.717, 1.165) is 36.0 Å². The van der Waals surface area contributed by atoms with Gasteiger partial charge in [-0.1, -0.05) is 48.5 Å². The van der Waals surface area contributed by atoms with Gasteiger partial charge >= 0.3 is 0 Å². The Morgan fingerprint density at radius 2 is 1.69 bits per heavy atom. The minimum Gasteiger partial charge on any atom is -0.354 e. The predicted octanol–water partition coefficient (Wildman–Crippen LogP) is 2.28. The fraction of sp³-hybridized carbons (Fsp3) is 0.444. The van der Waals surface area contributed by atoms with Crippen molar-refractivity contribution in [2.45, 2.75) is 63.0 Å². The van der Waals surface area contributed by atoms with Gasteiger partial charge < -0.3 is 20.7 Å². The molecule has 1 aliphatic carbocycles. The summed E-state index contributed by atoms with van der Waals surface area (Å²) in [6, 6.07) is 13.6. The van der Waals surface area contributed by atoms with E-state index in [1.165, 1.54) is 10.5 Å². The van der Waals surface area contributed by atoms with E-state index in [0.29, 0.717) is 13.0 Å². The Labute approximate surface area is 205 Å². The molecule has 1 saturated heterocycles. The summed E-state index contributed by atoms with van der Waals surface area (Å²) in [6.07, 6.45) is 2.54. The second kappa shape index (κ2) is 9.79. The van der Waals surface area contributed by atoms with Crippen LogP contribution >= 0.6 is 0 Å². The lowest BCUT2D eigenvalue weighted by Gasteiger charge is -2.32. The highest BCUT2D eigenvalue weighted by Crippen LogP contribution is 2.45. The summed E-state index contributed by atoms with van der Waals surface area (Å²) in [5.41, 5.74) is 3.98. The van der Waals surface area contributed by atoms with Gasteiger partial charge in [-0.2, -0.15) is 0 Å². The van der Waals surface area contributed by atoms with Crippen molar-refractivity contribution in [3.8, 4) is 0 Å². The Balaban J connectivity index is 1.44. The number of amides is 3. The maximum Gasteiger partial charge on any atom is 0.248 e. The highest BCUT2D eigenvalue weighted by Gasteiger charge is 2.49. The van der Waals surface area contributed by atoms with Crippen LogP contribution in [0.1, 0.15) is 66.8 Å². The van der Waals surface area contributed by atoms with E-state index in [2.05, 4.69) is 28.1 Å². The number of carbonyl (C=O) groups is 3. The van der Waals surface area contributed by atoms with Crippen molar-refractivity contribution in [1.29, 1.82) is 0 Å². The highest BCUT2D eigenvalue weighted by molar-refractivity contribution is 5.95. The quantitative estimate of drug-likeness (QED) is 0.615. The monoisotopic (exact) mass is 476 g/mol. The van der Waals surface area contributed by atoms with E-state index >= 15 is 0 Å². The standard InChI is InChI=1S/C27H32N4O4/c1-16(28-2)24(32)30-22-14-15-35-27-20-12-6-5-11-19(20)23(31(27)26(22)34)25(33)29-21-13-7-9-17-8-3-4-10-18(17)21/h3-6,8,10-12,16,21-23,27-28H,7,9,13-15H2,1-2H3,(H,29,33)(H,30,32)/t16?,21-,22+,23?,27+/m1/s1. The van der Waals surface area contributed by atoms with Crippen molar-refractivity contribution in [2.75, 3.05) is 13.7 Å². The van der Waals surface area contributed by atoms with Gasteiger partial charge in [-0.25, -0.2) is 0 Å². The number of hydrogen-bond acceptors (Lipinski definition) is 5. The van der Waals surface area contributed by atoms with Crippen LogP contribution in [0.15, 0.2) is 48.5 Å². The summed E-state index contributed by atoms with van der Waals surface area (Å²) in [6.45, 7) is 2.03. The third-order valence-electron chi connectivity index (χ3n) is 7.40. The van der Waals surface area contributed by atoms with Crippen LogP contribution in [0.5, 0.6) is 0 Å². The minimum atomic E-state index is -0.822. The molecule has 0 spiro atoms. The van der Waals surface area contributed by atoms with Crippen LogP contribution in [0, 0.1) is 0 Å². The molecule has 3 amide bonds. The maximum atomic E-state index is 13.8. The van der Waals surface area contributed by atoms with Crippen molar-refractivity contribution < 1.29 is 19.1 Å². The zero-order chi connectivity index (χ0) is 24.5. The number of nitrogens with zero attached hydrogens (tertiary/aromatic N) is 1. The number of benzene rings is 2. The molecule has 8 nitrogen and oxygen atoms in total. The third kappa shape index (κ3) is 4.32. The van der Waals surface area contributed by atoms with E-state index < -0.39 is 24.4 Å². The Morgan fingerprint density at radius 3 is 2.46 bits per heavy atom. The smallest absolute Gasteiger partial charge is 0.248 e. The Bertz CT molecular complexity index is 1140. The van der Waals surface area contributed by atoms with E-state index in [4.69, 9.17) is 4.74 Å². The molecule has 8 heteroatoms. The van der Waals surface area contributed by atoms with Crippen molar-refractivity contribution in [1.82, 2.24) is 20.9 Å². The number of rotatable bonds is 5. The Hall–Kier alpha value is -3.23. The van der Waals surface area contributed by atoms with Crippen molar-refractivity contribution in [2.24, 2.45) is 0 Å². The zero-order valence-electron chi connectivity index (χ0n) is 20.1. The summed E-state index contributed by atoms with van der Waals surface area (Å²) < 4.78 is 6.11. The van der Waals surface area contributed by atoms with Crippen LogP contribution in [0.4, 0.5) is 0 Å². The summed E-state index contributed by atoms with van der Waals surface area (Å²) in [7, 11) is 1.69. The fourth-order valence-electron chi connectivity index (χ4n) is 5.42. The van der Waals surface area contributed by atoms with Gasteiger partial charge in [0.15, 0.2) is 6.23 Å². The summed E-state index contributed by atoms with van der Waals surface area (Å²) in [5.74, 6) is -0.792. The normalized spacial score (nSPS) is 26.1. The molecule has 184 valence electrons. The SMILES string of the molecule is CNC(C)C(=O)N[C@H]1CCO[C@H]2c3ccccc3C(C(=O)N[C@@H]3CCCc4ccccc43)N2C1=O. The lowest BCUT2D eigenvalue weighted by atomic mass is 9.87. The van der Waals surface area contributed by atoms with E-state index in [-0.39, 0.29) is 23.8 Å². The minimum absolute atomic E-state index is 0.103. The number of carbonyl (C=O) groups excluding carboxylic acids is 3. The molecular formula is C27H32N4O4. The Kier molecular flexibility index (Phi) is 6.58. The number of hydrogen-bond donors (Lipinski definition) is 3. The summed E-state index contributed by atoms with van der Waals surface area (Å²) in [4.78, 5) is 41.7. The average Bonchev–Trinajstić information content (AvgIpc) is 3.13. The molecule has 0 aromatic heterocycles. The summed E-state index contributed by atoms with van der Waals surface area (Å²) in [5, 5.41) is 8.97. The van der Waals surface area contributed by atoms with Gasteiger partial charge in [-0.05, 0) is 49.9 Å². The fourth-order valence-corrected chi connectivity index (χ4v) is 5.42. The topological polar surface area (TPSA) is 99.8 Å². The average molecular weight is 477 g/mol. The largest absolute Gasteiger partial charge is 0.354 e. The van der Waals surface area contributed by atoms with Gasteiger partial charge in [0.25, 0.3) is 0 Å². The van der Waals surface area contributed by atoms with Gasteiger partial charge in [0.1, 0.15) is 12.1 Å². The molecule has 3 N–H and O–H groups in total. The van der Waals surface area contributed by atoms with E-state index in [1.807, 2.05) is 36.4 Å². The van der Waals surface area contributed by atoms with Crippen LogP contribution in [0.3, 0.4) is 0 Å². The molecule has 0 saturated carbocycles. The molecule has 2 unspecified atom stereocenters. The number of ether oxygens (including phenoxy) is 1. The first-order valence-corrected chi connectivity index (χ1v) is 12.4. The number of likely N-dealkylation sites (N-methyl/N-ethyl adjacent to an activating group) is 1. The maximum absolute atomic E-state index is 13.8. The molecule has 2 aliphatic heterocycles. The van der Waals surface area contributed by atoms with Crippen molar-refractivity contribution >= 4 is 17.7 Å². The first-order valence-electron chi connectivity index (χ1n) is 12.4. The number of fused-ring (bicyclic) bond motifs is 4. The van der Waals surface area contributed by atoms with Crippen LogP contribution in [-0.4, -0.2) is 48.4 Å². The van der Waals surface area contributed by atoms with E-state index in [1.54, 1.807) is 14.0 Å². The second-order valence-electron chi connectivity index (χ2n) is 9.51. The second-order valence-corrected chi connectivity index (χ2v) is 9.51. The molecule has 35 heavy (non-hydrogen) atoms. The predicted molar refractivity (Wildman–Crippen MR) is 130 cm³/mol. The number of nitrogens with one attached hydrogen (secondary N) is 3. The molecule has 0 bridgehead atoms. The lowest BCUT2D eigenvalue weighted by molar-refractivity contribution is -0.153. The molecule has 0 radical (unpaired) electrons. The van der Waals surface area contributed by atoms with Gasteiger partial charge in [-0.15, -0.1) is 0 Å². The molecule has 1 fully saturated rings. The number of aryl methyl sites for hydroxylation is 1. The van der Waals surface area contributed by atoms with Gasteiger partial charge in [-0.3, -0.25) is 19.3 Å². The molecule has 2 heterocycles. The molecule has 5 rings (SSSR count). The lowest BCUT2D eigenvalue weighted by Crippen LogP contribution is -2.53. The third-order valence-corrected chi connectivity index (χ3v) is 7.40. The van der Waals surface area contributed by atoms with Gasteiger partial charge in [0, 0.05) is 12.0 Å². The zero-order valence-corrected chi connectivity index (χ0v) is 20.1. The van der Waals surface area contributed by atoms with Crippen LogP contribution in [0.2, 0.25) is 0 Å². The van der Waals surface area contributed by atoms with Crippen LogP contribution in [0.25, 0.3) is 0 Å². The van der Waals surface area contributed by atoms with Crippen LogP contribution in [-0.2, 0) is 25.5 Å². The Morgan fingerprint density at radius 1 is 0.971 bits per heavy atom. The molecule has 3 aliphatic rings. The molecule has 5 atom stereocenters. The van der Waals surface area contributed by atoms with Gasteiger partial charge in [0.2, 0.25) is 17.7 Å². The first kappa shape index (κ1) is 23.5. The molecule has 2 aromatic rings. The van der Waals surface area contributed by atoms with Crippen molar-refractivity contribution in [3.05, 3.63) is 70.8 Å². The summed E-state index contributed by atoms with van der Waals surface area (Å²) >= 11 is 0. The van der Waals surface area contributed by atoms with E-state index in [9.17, 15) is 14.4 Å².